The van der Waals surface area contributed by atoms with Crippen LogP contribution in [0.4, 0.5) is 5.69 Å². The van der Waals surface area contributed by atoms with Crippen LogP contribution in [0.2, 0.25) is 5.02 Å². The van der Waals surface area contributed by atoms with Crippen LogP contribution < -0.4 is 10.7 Å². The summed E-state index contributed by atoms with van der Waals surface area (Å²) in [6.07, 6.45) is 0.797. The smallest absolute Gasteiger partial charge is 0.122 e. The summed E-state index contributed by atoms with van der Waals surface area (Å²) < 4.78 is 0. The molecule has 1 atom stereocenters. The van der Waals surface area contributed by atoms with Gasteiger partial charge in [0.1, 0.15) is 5.84 Å². The van der Waals surface area contributed by atoms with Crippen molar-refractivity contribution >= 4 is 23.1 Å². The van der Waals surface area contributed by atoms with Crippen LogP contribution in [0.5, 0.6) is 0 Å². The first-order valence-corrected chi connectivity index (χ1v) is 4.93. The first kappa shape index (κ1) is 9.34. The maximum absolute atomic E-state index is 6.07. The summed E-state index contributed by atoms with van der Waals surface area (Å²) in [5.74, 6) is 0.664. The van der Waals surface area contributed by atoms with E-state index in [4.69, 9.17) is 17.3 Å². The number of halogens is 1. The van der Waals surface area contributed by atoms with Crippen LogP contribution in [0.3, 0.4) is 0 Å². The van der Waals surface area contributed by atoms with Crippen molar-refractivity contribution in [3.63, 3.8) is 0 Å². The number of hydrogen-bond acceptors (Lipinski definition) is 3. The third-order valence-corrected chi connectivity index (χ3v) is 2.58. The van der Waals surface area contributed by atoms with E-state index in [1.165, 1.54) is 0 Å². The number of benzene rings is 1. The Morgan fingerprint density at radius 3 is 2.79 bits per heavy atom. The SMILES string of the molecule is CC1CC(N)=NN1c1ccccc1Cl. The Balaban J connectivity index is 2.36. The monoisotopic (exact) mass is 209 g/mol. The molecule has 1 aliphatic heterocycles. The standard InChI is InChI=1S/C10H12ClN3/c1-7-6-10(12)13-14(7)9-5-3-2-4-8(9)11/h2-5,7H,6H2,1H3,(H2,12,13). The molecule has 1 aliphatic rings. The first-order valence-electron chi connectivity index (χ1n) is 4.55. The van der Waals surface area contributed by atoms with E-state index in [9.17, 15) is 0 Å². The number of nitrogens with zero attached hydrogens (tertiary/aromatic N) is 2. The van der Waals surface area contributed by atoms with Crippen molar-refractivity contribution in [2.24, 2.45) is 10.8 Å². The van der Waals surface area contributed by atoms with Gasteiger partial charge in [0.15, 0.2) is 0 Å². The molecule has 14 heavy (non-hydrogen) atoms. The number of anilines is 1. The second kappa shape index (κ2) is 3.50. The predicted molar refractivity (Wildman–Crippen MR) is 59.6 cm³/mol. The number of amidine groups is 1. The van der Waals surface area contributed by atoms with Crippen LogP contribution in [0.15, 0.2) is 29.4 Å². The Labute approximate surface area is 88.2 Å². The molecular formula is C10H12ClN3. The minimum Gasteiger partial charge on any atom is -0.386 e. The lowest BCUT2D eigenvalue weighted by molar-refractivity contribution is 0.723. The molecule has 0 spiro atoms. The fourth-order valence-corrected chi connectivity index (χ4v) is 1.82. The van der Waals surface area contributed by atoms with Gasteiger partial charge < -0.3 is 5.73 Å². The second-order valence-corrected chi connectivity index (χ2v) is 3.85. The molecule has 0 radical (unpaired) electrons. The largest absolute Gasteiger partial charge is 0.386 e. The third-order valence-electron chi connectivity index (χ3n) is 2.26. The van der Waals surface area contributed by atoms with E-state index in [2.05, 4.69) is 12.0 Å². The Kier molecular flexibility index (Phi) is 2.33. The third kappa shape index (κ3) is 1.55. The molecule has 0 fully saturated rings. The van der Waals surface area contributed by atoms with Gasteiger partial charge in [0.05, 0.1) is 16.8 Å². The van der Waals surface area contributed by atoms with E-state index in [1.807, 2.05) is 29.3 Å². The van der Waals surface area contributed by atoms with Crippen molar-refractivity contribution in [1.82, 2.24) is 0 Å². The van der Waals surface area contributed by atoms with Gasteiger partial charge in [-0.3, -0.25) is 5.01 Å². The summed E-state index contributed by atoms with van der Waals surface area (Å²) in [5, 5.41) is 6.82. The van der Waals surface area contributed by atoms with E-state index in [0.29, 0.717) is 10.9 Å². The van der Waals surface area contributed by atoms with E-state index in [-0.39, 0.29) is 6.04 Å². The Bertz CT molecular complexity index is 375. The Morgan fingerprint density at radius 2 is 2.21 bits per heavy atom. The Hall–Kier alpha value is -1.22. The minimum absolute atomic E-state index is 0.287. The molecule has 2 rings (SSSR count). The highest BCUT2D eigenvalue weighted by atomic mass is 35.5. The van der Waals surface area contributed by atoms with Gasteiger partial charge in [0.25, 0.3) is 0 Å². The summed E-state index contributed by atoms with van der Waals surface area (Å²) in [6.45, 7) is 2.08. The molecule has 0 aliphatic carbocycles. The number of hydrazone groups is 1. The quantitative estimate of drug-likeness (QED) is 0.771. The zero-order chi connectivity index (χ0) is 10.1. The summed E-state index contributed by atoms with van der Waals surface area (Å²) in [6, 6.07) is 7.93. The minimum atomic E-state index is 0.287. The van der Waals surface area contributed by atoms with Crippen molar-refractivity contribution in [3.05, 3.63) is 29.3 Å². The number of hydrogen-bond donors (Lipinski definition) is 1. The van der Waals surface area contributed by atoms with Gasteiger partial charge >= 0.3 is 0 Å². The molecule has 4 heteroatoms. The van der Waals surface area contributed by atoms with Gasteiger partial charge in [-0.15, -0.1) is 0 Å². The maximum Gasteiger partial charge on any atom is 0.122 e. The normalized spacial score (nSPS) is 21.1. The fraction of sp³-hybridized carbons (Fsp3) is 0.300. The van der Waals surface area contributed by atoms with E-state index in [1.54, 1.807) is 0 Å². The van der Waals surface area contributed by atoms with Gasteiger partial charge in [-0.1, -0.05) is 23.7 Å². The van der Waals surface area contributed by atoms with E-state index >= 15 is 0 Å². The molecular weight excluding hydrogens is 198 g/mol. The summed E-state index contributed by atoms with van der Waals surface area (Å²) in [5.41, 5.74) is 6.59. The average molecular weight is 210 g/mol. The molecule has 0 saturated carbocycles. The van der Waals surface area contributed by atoms with Crippen molar-refractivity contribution in [2.75, 3.05) is 5.01 Å². The highest BCUT2D eigenvalue weighted by molar-refractivity contribution is 6.33. The van der Waals surface area contributed by atoms with Crippen LogP contribution in [0.25, 0.3) is 0 Å². The van der Waals surface area contributed by atoms with E-state index < -0.39 is 0 Å². The summed E-state index contributed by atoms with van der Waals surface area (Å²) in [4.78, 5) is 0. The molecule has 0 amide bonds. The maximum atomic E-state index is 6.07. The number of rotatable bonds is 1. The van der Waals surface area contributed by atoms with Gasteiger partial charge in [0.2, 0.25) is 0 Å². The van der Waals surface area contributed by atoms with Gasteiger partial charge in [-0.25, -0.2) is 0 Å². The lowest BCUT2D eigenvalue weighted by Gasteiger charge is -2.20. The van der Waals surface area contributed by atoms with Crippen molar-refractivity contribution < 1.29 is 0 Å². The lowest BCUT2D eigenvalue weighted by atomic mass is 10.2. The van der Waals surface area contributed by atoms with Crippen LogP contribution in [-0.2, 0) is 0 Å². The van der Waals surface area contributed by atoms with Gasteiger partial charge in [-0.2, -0.15) is 5.10 Å². The molecule has 0 saturated heterocycles. The van der Waals surface area contributed by atoms with Crippen molar-refractivity contribution in [3.8, 4) is 0 Å². The molecule has 2 N–H and O–H groups in total. The van der Waals surface area contributed by atoms with Crippen molar-refractivity contribution in [1.29, 1.82) is 0 Å². The highest BCUT2D eigenvalue weighted by Crippen LogP contribution is 2.30. The van der Waals surface area contributed by atoms with Crippen LogP contribution in [0, 0.1) is 0 Å². The van der Waals surface area contributed by atoms with Crippen LogP contribution in [-0.4, -0.2) is 11.9 Å². The second-order valence-electron chi connectivity index (χ2n) is 3.44. The summed E-state index contributed by atoms with van der Waals surface area (Å²) >= 11 is 6.07. The molecule has 0 aromatic heterocycles. The van der Waals surface area contributed by atoms with Gasteiger partial charge in [-0.05, 0) is 19.1 Å². The average Bonchev–Trinajstić information content (AvgIpc) is 2.46. The van der Waals surface area contributed by atoms with Crippen molar-refractivity contribution in [2.45, 2.75) is 19.4 Å². The lowest BCUT2D eigenvalue weighted by Crippen LogP contribution is -2.23. The van der Waals surface area contributed by atoms with Gasteiger partial charge in [0, 0.05) is 6.42 Å². The Morgan fingerprint density at radius 1 is 1.50 bits per heavy atom. The molecule has 3 nitrogen and oxygen atoms in total. The molecule has 1 unspecified atom stereocenters. The van der Waals surface area contributed by atoms with Crippen LogP contribution in [0.1, 0.15) is 13.3 Å². The highest BCUT2D eigenvalue weighted by Gasteiger charge is 2.23. The molecule has 1 heterocycles. The predicted octanol–water partition coefficient (Wildman–Crippen LogP) is 2.21. The van der Waals surface area contributed by atoms with Crippen LogP contribution >= 0.6 is 11.6 Å². The number of nitrogens with two attached hydrogens (primary N) is 1. The summed E-state index contributed by atoms with van der Waals surface area (Å²) in [7, 11) is 0. The van der Waals surface area contributed by atoms with E-state index in [0.717, 1.165) is 12.1 Å². The zero-order valence-electron chi connectivity index (χ0n) is 7.94. The zero-order valence-corrected chi connectivity index (χ0v) is 8.70. The first-order chi connectivity index (χ1) is 6.68. The molecule has 1 aromatic rings. The molecule has 74 valence electrons. The topological polar surface area (TPSA) is 41.6 Å². The molecule has 0 bridgehead atoms. The molecule has 1 aromatic carbocycles. The number of para-hydroxylation sites is 1. The fourth-order valence-electron chi connectivity index (χ4n) is 1.60.